The van der Waals surface area contributed by atoms with E-state index >= 15 is 0 Å². The van der Waals surface area contributed by atoms with Crippen molar-refractivity contribution in [3.05, 3.63) is 0 Å². The fourth-order valence-electron chi connectivity index (χ4n) is 1.62. The molecule has 0 spiro atoms. The summed E-state index contributed by atoms with van der Waals surface area (Å²) in [4.78, 5) is 13.2. The van der Waals surface area contributed by atoms with Crippen molar-refractivity contribution in [3.8, 4) is 6.07 Å². The lowest BCUT2D eigenvalue weighted by molar-refractivity contribution is 0.201. The molecule has 1 heterocycles. The zero-order valence-electron chi connectivity index (χ0n) is 8.62. The number of carbonyl (C=O) groups excluding carboxylic acids is 1. The summed E-state index contributed by atoms with van der Waals surface area (Å²) in [6, 6.07) is 1.86. The molecule has 0 bridgehead atoms. The second-order valence-electron chi connectivity index (χ2n) is 3.57. The molecule has 1 rings (SSSR count). The molecule has 2 amide bonds. The molecule has 1 aliphatic rings. The monoisotopic (exact) mass is 195 g/mol. The molecule has 1 fully saturated rings. The SMILES string of the molecule is CCCCNC(=O)N1CCCC1C#N. The average Bonchev–Trinajstić information content (AvgIpc) is 2.65. The van der Waals surface area contributed by atoms with Crippen LogP contribution in [-0.2, 0) is 0 Å². The summed E-state index contributed by atoms with van der Waals surface area (Å²) in [5, 5.41) is 11.6. The fraction of sp³-hybridized carbons (Fsp3) is 0.800. The van der Waals surface area contributed by atoms with E-state index in [9.17, 15) is 4.79 Å². The van der Waals surface area contributed by atoms with E-state index in [0.717, 1.165) is 32.2 Å². The molecule has 0 saturated carbocycles. The van der Waals surface area contributed by atoms with Crippen molar-refractivity contribution in [2.24, 2.45) is 0 Å². The number of urea groups is 1. The summed E-state index contributed by atoms with van der Waals surface area (Å²) >= 11 is 0. The zero-order valence-corrected chi connectivity index (χ0v) is 8.62. The highest BCUT2D eigenvalue weighted by atomic mass is 16.2. The van der Waals surface area contributed by atoms with Crippen molar-refractivity contribution >= 4 is 6.03 Å². The molecule has 1 N–H and O–H groups in total. The Kier molecular flexibility index (Phi) is 4.24. The zero-order chi connectivity index (χ0) is 10.4. The first kappa shape index (κ1) is 10.8. The van der Waals surface area contributed by atoms with Crippen LogP contribution in [0.3, 0.4) is 0 Å². The van der Waals surface area contributed by atoms with Crippen molar-refractivity contribution in [3.63, 3.8) is 0 Å². The maximum Gasteiger partial charge on any atom is 0.318 e. The van der Waals surface area contributed by atoms with Crippen molar-refractivity contribution in [2.45, 2.75) is 38.6 Å². The van der Waals surface area contributed by atoms with E-state index < -0.39 is 0 Å². The fourth-order valence-corrected chi connectivity index (χ4v) is 1.62. The van der Waals surface area contributed by atoms with Gasteiger partial charge in [0.1, 0.15) is 6.04 Å². The number of amides is 2. The molecule has 4 heteroatoms. The van der Waals surface area contributed by atoms with Crippen molar-refractivity contribution < 1.29 is 4.79 Å². The van der Waals surface area contributed by atoms with Gasteiger partial charge < -0.3 is 10.2 Å². The molecular formula is C10H17N3O. The van der Waals surface area contributed by atoms with Gasteiger partial charge >= 0.3 is 6.03 Å². The van der Waals surface area contributed by atoms with Crippen LogP contribution in [-0.4, -0.2) is 30.1 Å². The Morgan fingerprint density at radius 1 is 1.71 bits per heavy atom. The number of likely N-dealkylation sites (tertiary alicyclic amines) is 1. The van der Waals surface area contributed by atoms with Gasteiger partial charge in [-0.3, -0.25) is 0 Å². The number of nitrogens with zero attached hydrogens (tertiary/aromatic N) is 2. The van der Waals surface area contributed by atoms with Gasteiger partial charge in [0.2, 0.25) is 0 Å². The van der Waals surface area contributed by atoms with Crippen LogP contribution in [0, 0.1) is 11.3 Å². The molecule has 1 saturated heterocycles. The quantitative estimate of drug-likeness (QED) is 0.693. The third-order valence-corrected chi connectivity index (χ3v) is 2.47. The lowest BCUT2D eigenvalue weighted by Crippen LogP contribution is -2.42. The summed E-state index contributed by atoms with van der Waals surface area (Å²) < 4.78 is 0. The molecule has 1 unspecified atom stereocenters. The minimum Gasteiger partial charge on any atom is -0.338 e. The van der Waals surface area contributed by atoms with Crippen molar-refractivity contribution in [2.75, 3.05) is 13.1 Å². The first-order valence-electron chi connectivity index (χ1n) is 5.23. The van der Waals surface area contributed by atoms with Gasteiger partial charge in [0.05, 0.1) is 6.07 Å². The van der Waals surface area contributed by atoms with Crippen LogP contribution in [0.4, 0.5) is 4.79 Å². The number of nitriles is 1. The van der Waals surface area contributed by atoms with E-state index in [0.29, 0.717) is 6.54 Å². The Morgan fingerprint density at radius 2 is 2.50 bits per heavy atom. The van der Waals surface area contributed by atoms with Gasteiger partial charge in [-0.2, -0.15) is 5.26 Å². The molecule has 1 aliphatic heterocycles. The molecule has 78 valence electrons. The Morgan fingerprint density at radius 3 is 3.14 bits per heavy atom. The van der Waals surface area contributed by atoms with Crippen molar-refractivity contribution in [1.82, 2.24) is 10.2 Å². The molecule has 0 radical (unpaired) electrons. The van der Waals surface area contributed by atoms with E-state index in [1.54, 1.807) is 4.90 Å². The van der Waals surface area contributed by atoms with Gasteiger partial charge in [-0.05, 0) is 19.3 Å². The molecule has 1 atom stereocenters. The molecule has 14 heavy (non-hydrogen) atoms. The van der Waals surface area contributed by atoms with Crippen LogP contribution in [0.5, 0.6) is 0 Å². The highest BCUT2D eigenvalue weighted by Crippen LogP contribution is 2.15. The number of rotatable bonds is 3. The van der Waals surface area contributed by atoms with E-state index in [1.165, 1.54) is 0 Å². The molecule has 0 aromatic carbocycles. The summed E-state index contributed by atoms with van der Waals surface area (Å²) in [5.41, 5.74) is 0. The number of unbranched alkanes of at least 4 members (excludes halogenated alkanes) is 1. The minimum absolute atomic E-state index is 0.0810. The second kappa shape index (κ2) is 5.48. The minimum atomic E-state index is -0.211. The van der Waals surface area contributed by atoms with Crippen LogP contribution in [0.2, 0.25) is 0 Å². The lowest BCUT2D eigenvalue weighted by Gasteiger charge is -2.19. The van der Waals surface area contributed by atoms with E-state index in [-0.39, 0.29) is 12.1 Å². The largest absolute Gasteiger partial charge is 0.338 e. The van der Waals surface area contributed by atoms with E-state index in [2.05, 4.69) is 18.3 Å². The normalized spacial score (nSPS) is 20.6. The van der Waals surface area contributed by atoms with Gasteiger partial charge in [-0.1, -0.05) is 13.3 Å². The number of carbonyl (C=O) groups is 1. The Hall–Kier alpha value is -1.24. The number of hydrogen-bond acceptors (Lipinski definition) is 2. The Bertz CT molecular complexity index is 234. The summed E-state index contributed by atoms with van der Waals surface area (Å²) in [6.07, 6.45) is 3.83. The van der Waals surface area contributed by atoms with Crippen LogP contribution in [0.25, 0.3) is 0 Å². The Balaban J connectivity index is 2.33. The molecular weight excluding hydrogens is 178 g/mol. The third-order valence-electron chi connectivity index (χ3n) is 2.47. The van der Waals surface area contributed by atoms with Gasteiger partial charge in [0.25, 0.3) is 0 Å². The molecule has 0 aromatic heterocycles. The first-order chi connectivity index (χ1) is 6.79. The third kappa shape index (κ3) is 2.63. The van der Waals surface area contributed by atoms with Crippen LogP contribution < -0.4 is 5.32 Å². The van der Waals surface area contributed by atoms with Gasteiger partial charge in [0.15, 0.2) is 0 Å². The smallest absolute Gasteiger partial charge is 0.318 e. The standard InChI is InChI=1S/C10H17N3O/c1-2-3-6-12-10(14)13-7-4-5-9(13)8-11/h9H,2-7H2,1H3,(H,12,14). The van der Waals surface area contributed by atoms with E-state index in [1.807, 2.05) is 0 Å². The highest BCUT2D eigenvalue weighted by Gasteiger charge is 2.27. The van der Waals surface area contributed by atoms with E-state index in [4.69, 9.17) is 5.26 Å². The van der Waals surface area contributed by atoms with Gasteiger partial charge in [0, 0.05) is 13.1 Å². The van der Waals surface area contributed by atoms with Gasteiger partial charge in [-0.15, -0.1) is 0 Å². The second-order valence-corrected chi connectivity index (χ2v) is 3.57. The van der Waals surface area contributed by atoms with Gasteiger partial charge in [-0.25, -0.2) is 4.79 Å². The maximum atomic E-state index is 11.6. The molecule has 4 nitrogen and oxygen atoms in total. The van der Waals surface area contributed by atoms with Crippen LogP contribution in [0.15, 0.2) is 0 Å². The first-order valence-corrected chi connectivity index (χ1v) is 5.23. The summed E-state index contributed by atoms with van der Waals surface area (Å²) in [7, 11) is 0. The topological polar surface area (TPSA) is 56.1 Å². The predicted octanol–water partition coefficient (Wildman–Crippen LogP) is 1.48. The Labute approximate surface area is 84.9 Å². The molecule has 0 aromatic rings. The predicted molar refractivity (Wildman–Crippen MR) is 53.6 cm³/mol. The van der Waals surface area contributed by atoms with Crippen LogP contribution in [0.1, 0.15) is 32.6 Å². The number of hydrogen-bond donors (Lipinski definition) is 1. The van der Waals surface area contributed by atoms with Crippen molar-refractivity contribution in [1.29, 1.82) is 5.26 Å². The maximum absolute atomic E-state index is 11.6. The highest BCUT2D eigenvalue weighted by molar-refractivity contribution is 5.75. The molecule has 0 aliphatic carbocycles. The summed E-state index contributed by atoms with van der Waals surface area (Å²) in [5.74, 6) is 0. The average molecular weight is 195 g/mol. The lowest BCUT2D eigenvalue weighted by atomic mass is 10.2. The summed E-state index contributed by atoms with van der Waals surface area (Å²) in [6.45, 7) is 3.51. The van der Waals surface area contributed by atoms with Crippen LogP contribution >= 0.6 is 0 Å². The number of nitrogens with one attached hydrogen (secondary N) is 1.